The third-order valence-corrected chi connectivity index (χ3v) is 3.25. The third-order valence-electron chi connectivity index (χ3n) is 1.66. The Bertz CT molecular complexity index is 360. The second kappa shape index (κ2) is 3.13. The number of hydrogen-bond acceptors (Lipinski definition) is 2. The Morgan fingerprint density at radius 1 is 1.33 bits per heavy atom. The van der Waals surface area contributed by atoms with Crippen LogP contribution in [-0.2, 0) is 11.2 Å². The van der Waals surface area contributed by atoms with Crippen LogP contribution in [0, 0.1) is 7.14 Å². The monoisotopic (exact) mass is 386 g/mol. The van der Waals surface area contributed by atoms with Gasteiger partial charge in [0, 0.05) is 12.7 Å². The van der Waals surface area contributed by atoms with E-state index in [9.17, 15) is 4.79 Å². The first-order chi connectivity index (χ1) is 5.66. The summed E-state index contributed by atoms with van der Waals surface area (Å²) in [4.78, 5) is 10.9. The molecule has 12 heavy (non-hydrogen) atoms. The minimum absolute atomic E-state index is 0.148. The van der Waals surface area contributed by atoms with E-state index in [1.54, 1.807) is 0 Å². The van der Waals surface area contributed by atoms with Crippen molar-refractivity contribution in [3.8, 4) is 5.75 Å². The second-order valence-electron chi connectivity index (χ2n) is 2.52. The lowest BCUT2D eigenvalue weighted by Gasteiger charge is -1.99. The van der Waals surface area contributed by atoms with Crippen molar-refractivity contribution in [2.45, 2.75) is 6.42 Å². The number of rotatable bonds is 0. The summed E-state index contributed by atoms with van der Waals surface area (Å²) in [6.45, 7) is 0. The van der Waals surface area contributed by atoms with Crippen LogP contribution in [0.15, 0.2) is 12.1 Å². The Morgan fingerprint density at radius 2 is 2.08 bits per heavy atom. The van der Waals surface area contributed by atoms with Gasteiger partial charge in [0.1, 0.15) is 5.75 Å². The maximum Gasteiger partial charge on any atom is 0.315 e. The van der Waals surface area contributed by atoms with Crippen LogP contribution in [0.4, 0.5) is 0 Å². The Balaban J connectivity index is 2.59. The summed E-state index contributed by atoms with van der Waals surface area (Å²) < 4.78 is 7.23. The number of fused-ring (bicyclic) bond motifs is 1. The summed E-state index contributed by atoms with van der Waals surface area (Å²) in [5, 5.41) is 0. The molecule has 0 unspecified atom stereocenters. The average Bonchev–Trinajstić information content (AvgIpc) is 2.29. The zero-order valence-corrected chi connectivity index (χ0v) is 10.2. The van der Waals surface area contributed by atoms with Crippen molar-refractivity contribution in [2.24, 2.45) is 0 Å². The first-order valence-corrected chi connectivity index (χ1v) is 5.51. The number of esters is 1. The van der Waals surface area contributed by atoms with Gasteiger partial charge in [0.2, 0.25) is 0 Å². The number of halogens is 2. The zero-order valence-electron chi connectivity index (χ0n) is 5.93. The molecule has 1 aromatic rings. The number of carbonyl (C=O) groups excluding carboxylic acids is 1. The van der Waals surface area contributed by atoms with Crippen molar-refractivity contribution in [1.82, 2.24) is 0 Å². The van der Waals surface area contributed by atoms with E-state index in [0.29, 0.717) is 6.42 Å². The van der Waals surface area contributed by atoms with E-state index in [1.807, 2.05) is 12.1 Å². The molecule has 1 aliphatic heterocycles. The van der Waals surface area contributed by atoms with E-state index in [0.717, 1.165) is 18.5 Å². The summed E-state index contributed by atoms with van der Waals surface area (Å²) in [6.07, 6.45) is 0.421. The Labute approximate surface area is 97.0 Å². The quantitative estimate of drug-likeness (QED) is 0.389. The van der Waals surface area contributed by atoms with Crippen molar-refractivity contribution in [3.63, 3.8) is 0 Å². The maximum atomic E-state index is 10.9. The van der Waals surface area contributed by atoms with Crippen LogP contribution >= 0.6 is 45.2 Å². The number of carbonyl (C=O) groups is 1. The van der Waals surface area contributed by atoms with E-state index in [-0.39, 0.29) is 5.97 Å². The molecule has 0 N–H and O–H groups in total. The zero-order chi connectivity index (χ0) is 8.72. The highest BCUT2D eigenvalue weighted by atomic mass is 127. The van der Waals surface area contributed by atoms with Crippen molar-refractivity contribution in [2.75, 3.05) is 0 Å². The van der Waals surface area contributed by atoms with Gasteiger partial charge in [0.15, 0.2) is 0 Å². The van der Waals surface area contributed by atoms with E-state index < -0.39 is 0 Å². The minimum atomic E-state index is -0.148. The Hall–Kier alpha value is 0.150. The van der Waals surface area contributed by atoms with Gasteiger partial charge in [0.25, 0.3) is 0 Å². The van der Waals surface area contributed by atoms with Gasteiger partial charge < -0.3 is 4.74 Å². The van der Waals surface area contributed by atoms with E-state index in [4.69, 9.17) is 4.74 Å². The molecule has 1 aliphatic rings. The molecule has 0 atom stereocenters. The minimum Gasteiger partial charge on any atom is -0.426 e. The lowest BCUT2D eigenvalue weighted by molar-refractivity contribution is -0.131. The van der Waals surface area contributed by atoms with Gasteiger partial charge in [-0.2, -0.15) is 0 Å². The molecular formula is C8H4I2O2. The van der Waals surface area contributed by atoms with Gasteiger partial charge in [0.05, 0.1) is 6.42 Å². The summed E-state index contributed by atoms with van der Waals surface area (Å²) in [6, 6.07) is 3.94. The smallest absolute Gasteiger partial charge is 0.315 e. The molecule has 0 spiro atoms. The van der Waals surface area contributed by atoms with E-state index in [2.05, 4.69) is 45.2 Å². The first kappa shape index (κ1) is 8.74. The molecule has 0 fully saturated rings. The Kier molecular flexibility index (Phi) is 2.28. The molecule has 0 radical (unpaired) electrons. The fourth-order valence-corrected chi connectivity index (χ4v) is 3.13. The number of benzene rings is 1. The molecule has 0 amide bonds. The highest BCUT2D eigenvalue weighted by molar-refractivity contribution is 14.1. The summed E-state index contributed by atoms with van der Waals surface area (Å²) in [7, 11) is 0. The summed E-state index contributed by atoms with van der Waals surface area (Å²) >= 11 is 4.43. The molecule has 2 nitrogen and oxygen atoms in total. The van der Waals surface area contributed by atoms with Crippen LogP contribution in [0.1, 0.15) is 5.56 Å². The maximum absolute atomic E-state index is 10.9. The van der Waals surface area contributed by atoms with Crippen molar-refractivity contribution in [3.05, 3.63) is 24.8 Å². The Morgan fingerprint density at radius 3 is 2.83 bits per heavy atom. The topological polar surface area (TPSA) is 26.3 Å². The molecule has 0 aromatic heterocycles. The lowest BCUT2D eigenvalue weighted by Crippen LogP contribution is -2.00. The standard InChI is InChI=1S/C8H4I2O2/c9-4-1-6(10)5-3-8(11)12-7(5)2-4/h1-2H,3H2. The SMILES string of the molecule is O=C1Cc2c(I)cc(I)cc2O1. The molecule has 0 saturated carbocycles. The first-order valence-electron chi connectivity index (χ1n) is 3.35. The van der Waals surface area contributed by atoms with Gasteiger partial charge in [-0.1, -0.05) is 0 Å². The number of ether oxygens (including phenoxy) is 1. The lowest BCUT2D eigenvalue weighted by atomic mass is 10.2. The van der Waals surface area contributed by atoms with Crippen LogP contribution in [0.5, 0.6) is 5.75 Å². The highest BCUT2D eigenvalue weighted by Crippen LogP contribution is 2.31. The van der Waals surface area contributed by atoms with Crippen LogP contribution in [0.3, 0.4) is 0 Å². The van der Waals surface area contributed by atoms with Gasteiger partial charge >= 0.3 is 5.97 Å². The highest BCUT2D eigenvalue weighted by Gasteiger charge is 2.22. The molecule has 1 heterocycles. The molecule has 1 aromatic carbocycles. The normalized spacial score (nSPS) is 14.3. The van der Waals surface area contributed by atoms with Gasteiger partial charge in [-0.3, -0.25) is 4.79 Å². The summed E-state index contributed by atoms with van der Waals surface area (Å²) in [5.41, 5.74) is 1.03. The third kappa shape index (κ3) is 1.46. The van der Waals surface area contributed by atoms with Crippen molar-refractivity contribution < 1.29 is 9.53 Å². The molecule has 62 valence electrons. The van der Waals surface area contributed by atoms with Gasteiger partial charge in [-0.25, -0.2) is 0 Å². The fourth-order valence-electron chi connectivity index (χ4n) is 1.15. The van der Waals surface area contributed by atoms with Crippen LogP contribution in [-0.4, -0.2) is 5.97 Å². The molecule has 2 rings (SSSR count). The molecule has 0 saturated heterocycles. The van der Waals surface area contributed by atoms with Crippen LogP contribution in [0.25, 0.3) is 0 Å². The van der Waals surface area contributed by atoms with Gasteiger partial charge in [-0.15, -0.1) is 0 Å². The molecule has 0 aliphatic carbocycles. The average molecular weight is 386 g/mol. The van der Waals surface area contributed by atoms with Crippen molar-refractivity contribution in [1.29, 1.82) is 0 Å². The predicted molar refractivity (Wildman–Crippen MR) is 61.2 cm³/mol. The fraction of sp³-hybridized carbons (Fsp3) is 0.125. The molecule has 4 heteroatoms. The van der Waals surface area contributed by atoms with E-state index in [1.165, 1.54) is 0 Å². The summed E-state index contributed by atoms with van der Waals surface area (Å²) in [5.74, 6) is 0.584. The van der Waals surface area contributed by atoms with Gasteiger partial charge in [-0.05, 0) is 57.3 Å². The number of hydrogen-bond donors (Lipinski definition) is 0. The van der Waals surface area contributed by atoms with Crippen LogP contribution < -0.4 is 4.74 Å². The van der Waals surface area contributed by atoms with Crippen LogP contribution in [0.2, 0.25) is 0 Å². The van der Waals surface area contributed by atoms with Crippen molar-refractivity contribution >= 4 is 51.2 Å². The molecule has 0 bridgehead atoms. The largest absolute Gasteiger partial charge is 0.426 e. The second-order valence-corrected chi connectivity index (χ2v) is 4.92. The predicted octanol–water partition coefficient (Wildman–Crippen LogP) is 2.36. The van der Waals surface area contributed by atoms with E-state index >= 15 is 0 Å². The molecular weight excluding hydrogens is 382 g/mol.